The maximum absolute atomic E-state index is 12.1. The fraction of sp³-hybridized carbons (Fsp3) is 0.500. The van der Waals surface area contributed by atoms with Gasteiger partial charge in [-0.05, 0) is 18.9 Å². The van der Waals surface area contributed by atoms with E-state index in [0.29, 0.717) is 0 Å². The molecular weight excluding hydrogens is 282 g/mol. The molecule has 1 amide bonds. The standard InChI is InChI=1S/C12H17N3O4S/c1-15(2)12(16)10-11(19-8-4-5-8)9(6-7-13-10)14-20(3,17)18/h6-8H,4-5H2,1-3H3,(H,13,14). The quantitative estimate of drug-likeness (QED) is 0.864. The maximum atomic E-state index is 12.1. The van der Waals surface area contributed by atoms with Gasteiger partial charge in [0.05, 0.1) is 18.0 Å². The Morgan fingerprint density at radius 2 is 2.10 bits per heavy atom. The molecule has 0 unspecified atom stereocenters. The van der Waals surface area contributed by atoms with Gasteiger partial charge in [-0.25, -0.2) is 13.4 Å². The van der Waals surface area contributed by atoms with Crippen LogP contribution < -0.4 is 9.46 Å². The second-order valence-corrected chi connectivity index (χ2v) is 6.68. The lowest BCUT2D eigenvalue weighted by atomic mass is 10.2. The molecule has 0 aromatic carbocycles. The molecule has 0 radical (unpaired) electrons. The first-order valence-corrected chi connectivity index (χ1v) is 8.02. The van der Waals surface area contributed by atoms with E-state index in [-0.39, 0.29) is 29.1 Å². The largest absolute Gasteiger partial charge is 0.486 e. The molecule has 0 aliphatic heterocycles. The van der Waals surface area contributed by atoms with E-state index >= 15 is 0 Å². The van der Waals surface area contributed by atoms with Gasteiger partial charge >= 0.3 is 0 Å². The van der Waals surface area contributed by atoms with Crippen molar-refractivity contribution < 1.29 is 17.9 Å². The van der Waals surface area contributed by atoms with Crippen LogP contribution in [0.25, 0.3) is 0 Å². The number of amides is 1. The molecule has 1 aliphatic rings. The van der Waals surface area contributed by atoms with Crippen molar-refractivity contribution in [3.05, 3.63) is 18.0 Å². The lowest BCUT2D eigenvalue weighted by Crippen LogP contribution is -2.24. The monoisotopic (exact) mass is 299 g/mol. The van der Waals surface area contributed by atoms with Crippen LogP contribution in [0.3, 0.4) is 0 Å². The van der Waals surface area contributed by atoms with Crippen LogP contribution in [0.15, 0.2) is 12.3 Å². The van der Waals surface area contributed by atoms with Crippen LogP contribution in [-0.4, -0.2) is 50.7 Å². The molecule has 1 saturated carbocycles. The first-order chi connectivity index (χ1) is 9.28. The lowest BCUT2D eigenvalue weighted by molar-refractivity contribution is 0.0817. The van der Waals surface area contributed by atoms with Gasteiger partial charge < -0.3 is 9.64 Å². The summed E-state index contributed by atoms with van der Waals surface area (Å²) in [6.45, 7) is 0. The van der Waals surface area contributed by atoms with E-state index in [1.807, 2.05) is 0 Å². The third-order valence-corrected chi connectivity index (χ3v) is 3.21. The molecule has 20 heavy (non-hydrogen) atoms. The average molecular weight is 299 g/mol. The van der Waals surface area contributed by atoms with Crippen LogP contribution in [-0.2, 0) is 10.0 Å². The number of sulfonamides is 1. The minimum absolute atomic E-state index is 0.0213. The number of rotatable bonds is 5. The molecular formula is C12H17N3O4S. The minimum Gasteiger partial charge on any atom is -0.486 e. The number of carbonyl (C=O) groups is 1. The number of pyridine rings is 1. The predicted octanol–water partition coefficient (Wildman–Crippen LogP) is 0.696. The highest BCUT2D eigenvalue weighted by atomic mass is 32.2. The average Bonchev–Trinajstić information content (AvgIpc) is 3.12. The van der Waals surface area contributed by atoms with Crippen molar-refractivity contribution in [3.8, 4) is 5.75 Å². The molecule has 0 saturated heterocycles. The molecule has 110 valence electrons. The maximum Gasteiger partial charge on any atom is 0.275 e. The Labute approximate surface area is 118 Å². The molecule has 1 aromatic heterocycles. The van der Waals surface area contributed by atoms with E-state index in [9.17, 15) is 13.2 Å². The second kappa shape index (κ2) is 5.28. The van der Waals surface area contributed by atoms with Crippen molar-refractivity contribution in [3.63, 3.8) is 0 Å². The minimum atomic E-state index is -3.46. The molecule has 1 aliphatic carbocycles. The normalized spacial score (nSPS) is 14.8. The SMILES string of the molecule is CN(C)C(=O)c1nccc(NS(C)(=O)=O)c1OC1CC1. The van der Waals surface area contributed by atoms with Gasteiger partial charge in [0.15, 0.2) is 11.4 Å². The Bertz CT molecular complexity index is 624. The van der Waals surface area contributed by atoms with Gasteiger partial charge in [0, 0.05) is 20.3 Å². The topological polar surface area (TPSA) is 88.6 Å². The van der Waals surface area contributed by atoms with Crippen molar-refractivity contribution >= 4 is 21.6 Å². The number of nitrogens with one attached hydrogen (secondary N) is 1. The molecule has 0 atom stereocenters. The van der Waals surface area contributed by atoms with Crippen molar-refractivity contribution in [2.24, 2.45) is 0 Å². The third kappa shape index (κ3) is 3.60. The molecule has 0 spiro atoms. The van der Waals surface area contributed by atoms with Gasteiger partial charge in [-0.3, -0.25) is 9.52 Å². The van der Waals surface area contributed by atoms with Crippen LogP contribution in [0, 0.1) is 0 Å². The summed E-state index contributed by atoms with van der Waals surface area (Å²) in [5.74, 6) is -0.142. The molecule has 1 aromatic rings. The van der Waals surface area contributed by atoms with Crippen LogP contribution >= 0.6 is 0 Å². The highest BCUT2D eigenvalue weighted by Crippen LogP contribution is 2.34. The Hall–Kier alpha value is -1.83. The van der Waals surface area contributed by atoms with E-state index in [0.717, 1.165) is 19.1 Å². The number of anilines is 1. The number of ether oxygens (including phenoxy) is 1. The van der Waals surface area contributed by atoms with Crippen molar-refractivity contribution in [2.75, 3.05) is 25.1 Å². The van der Waals surface area contributed by atoms with Gasteiger partial charge in [0.25, 0.3) is 5.91 Å². The predicted molar refractivity (Wildman–Crippen MR) is 74.4 cm³/mol. The summed E-state index contributed by atoms with van der Waals surface area (Å²) in [7, 11) is -0.263. The van der Waals surface area contributed by atoms with Crippen LogP contribution in [0.4, 0.5) is 5.69 Å². The van der Waals surface area contributed by atoms with Gasteiger partial charge in [-0.15, -0.1) is 0 Å². The summed E-state index contributed by atoms with van der Waals surface area (Å²) in [6, 6.07) is 1.48. The third-order valence-electron chi connectivity index (χ3n) is 2.62. The Morgan fingerprint density at radius 3 is 2.60 bits per heavy atom. The summed E-state index contributed by atoms with van der Waals surface area (Å²) < 4.78 is 30.8. The van der Waals surface area contributed by atoms with E-state index in [4.69, 9.17) is 4.74 Å². The van der Waals surface area contributed by atoms with E-state index in [1.54, 1.807) is 14.1 Å². The zero-order chi connectivity index (χ0) is 14.9. The van der Waals surface area contributed by atoms with Gasteiger partial charge in [-0.1, -0.05) is 0 Å². The smallest absolute Gasteiger partial charge is 0.275 e. The number of aromatic nitrogens is 1. The molecule has 8 heteroatoms. The number of hydrogen-bond acceptors (Lipinski definition) is 5. The molecule has 0 bridgehead atoms. The Morgan fingerprint density at radius 1 is 1.45 bits per heavy atom. The molecule has 1 heterocycles. The molecule has 1 fully saturated rings. The number of nitrogens with zero attached hydrogens (tertiary/aromatic N) is 2. The highest BCUT2D eigenvalue weighted by Gasteiger charge is 2.29. The van der Waals surface area contributed by atoms with Crippen molar-refractivity contribution in [1.29, 1.82) is 0 Å². The molecule has 2 rings (SSSR count). The van der Waals surface area contributed by atoms with Gasteiger partial charge in [0.1, 0.15) is 0 Å². The Balaban J connectivity index is 2.44. The second-order valence-electron chi connectivity index (χ2n) is 4.93. The summed E-state index contributed by atoms with van der Waals surface area (Å²) in [4.78, 5) is 17.5. The Kier molecular flexibility index (Phi) is 3.85. The first-order valence-electron chi connectivity index (χ1n) is 6.13. The zero-order valence-corrected chi connectivity index (χ0v) is 12.4. The summed E-state index contributed by atoms with van der Waals surface area (Å²) in [5, 5.41) is 0. The van der Waals surface area contributed by atoms with E-state index < -0.39 is 10.0 Å². The summed E-state index contributed by atoms with van der Waals surface area (Å²) >= 11 is 0. The number of carbonyl (C=O) groups excluding carboxylic acids is 1. The fourth-order valence-electron chi connectivity index (χ4n) is 1.56. The molecule has 7 nitrogen and oxygen atoms in total. The number of hydrogen-bond donors (Lipinski definition) is 1. The summed E-state index contributed by atoms with van der Waals surface area (Å²) in [6.07, 6.45) is 4.23. The lowest BCUT2D eigenvalue weighted by Gasteiger charge is -2.17. The van der Waals surface area contributed by atoms with E-state index in [1.165, 1.54) is 17.2 Å². The van der Waals surface area contributed by atoms with Gasteiger partial charge in [-0.2, -0.15) is 0 Å². The van der Waals surface area contributed by atoms with Crippen molar-refractivity contribution in [2.45, 2.75) is 18.9 Å². The first kappa shape index (κ1) is 14.6. The van der Waals surface area contributed by atoms with Crippen LogP contribution in [0.5, 0.6) is 5.75 Å². The van der Waals surface area contributed by atoms with Crippen LogP contribution in [0.1, 0.15) is 23.3 Å². The summed E-state index contributed by atoms with van der Waals surface area (Å²) in [5.41, 5.74) is 0.343. The van der Waals surface area contributed by atoms with Crippen LogP contribution in [0.2, 0.25) is 0 Å². The van der Waals surface area contributed by atoms with E-state index in [2.05, 4.69) is 9.71 Å². The van der Waals surface area contributed by atoms with Gasteiger partial charge in [0.2, 0.25) is 10.0 Å². The zero-order valence-electron chi connectivity index (χ0n) is 11.6. The highest BCUT2D eigenvalue weighted by molar-refractivity contribution is 7.92. The molecule has 1 N–H and O–H groups in total. The fourth-order valence-corrected chi connectivity index (χ4v) is 2.12. The van der Waals surface area contributed by atoms with Crippen molar-refractivity contribution in [1.82, 2.24) is 9.88 Å².